The van der Waals surface area contributed by atoms with Gasteiger partial charge < -0.3 is 5.32 Å². The molecule has 1 aromatic rings. The lowest BCUT2D eigenvalue weighted by molar-refractivity contribution is 0.420. The zero-order valence-corrected chi connectivity index (χ0v) is 12.4. The average molecular weight is 271 g/mol. The fourth-order valence-corrected chi connectivity index (χ4v) is 2.04. The van der Waals surface area contributed by atoms with Gasteiger partial charge in [-0.3, -0.25) is 0 Å². The molecule has 0 aliphatic rings. The van der Waals surface area contributed by atoms with Gasteiger partial charge in [0.25, 0.3) is 0 Å². The Morgan fingerprint density at radius 2 is 1.89 bits per heavy atom. The Morgan fingerprint density at radius 1 is 1.28 bits per heavy atom. The molecule has 0 aromatic carbocycles. The van der Waals surface area contributed by atoms with Gasteiger partial charge >= 0.3 is 0 Å². The minimum atomic E-state index is -3.10. The monoisotopic (exact) mass is 271 g/mol. The number of hydrogen-bond acceptors (Lipinski definition) is 5. The smallest absolute Gasteiger partial charge is 0.154 e. The summed E-state index contributed by atoms with van der Waals surface area (Å²) in [6.07, 6.45) is 1.19. The summed E-state index contributed by atoms with van der Waals surface area (Å²) in [5.74, 6) is 0.250. The van der Waals surface area contributed by atoms with Crippen LogP contribution >= 0.6 is 0 Å². The van der Waals surface area contributed by atoms with Crippen molar-refractivity contribution in [3.05, 3.63) is 23.3 Å². The van der Waals surface area contributed by atoms with Crippen LogP contribution in [-0.4, -0.2) is 30.2 Å². The van der Waals surface area contributed by atoms with Crippen molar-refractivity contribution < 1.29 is 8.42 Å². The zero-order valence-electron chi connectivity index (χ0n) is 11.6. The van der Waals surface area contributed by atoms with E-state index in [1.165, 1.54) is 6.26 Å². The van der Waals surface area contributed by atoms with Crippen LogP contribution in [0.5, 0.6) is 0 Å². The number of aromatic nitrogens is 2. The van der Waals surface area contributed by atoms with E-state index in [-0.39, 0.29) is 11.3 Å². The van der Waals surface area contributed by atoms with Gasteiger partial charge in [-0.2, -0.15) is 0 Å². The Balaban J connectivity index is 2.88. The molecular formula is C12H21N3O2S. The maximum atomic E-state index is 11.2. The maximum absolute atomic E-state index is 11.2. The highest BCUT2D eigenvalue weighted by molar-refractivity contribution is 7.89. The van der Waals surface area contributed by atoms with Crippen LogP contribution in [-0.2, 0) is 22.1 Å². The molecule has 1 heterocycles. The van der Waals surface area contributed by atoms with Gasteiger partial charge in [-0.25, -0.2) is 18.4 Å². The number of nitrogens with one attached hydrogen (secondary N) is 1. The summed E-state index contributed by atoms with van der Waals surface area (Å²) in [5, 5.41) is 3.32. The molecule has 0 aliphatic carbocycles. The van der Waals surface area contributed by atoms with Crippen molar-refractivity contribution in [3.63, 3.8) is 0 Å². The molecule has 5 nitrogen and oxygen atoms in total. The molecule has 1 aromatic heterocycles. The van der Waals surface area contributed by atoms with E-state index in [2.05, 4.69) is 36.1 Å². The third kappa shape index (κ3) is 6.07. The third-order valence-electron chi connectivity index (χ3n) is 2.14. The van der Waals surface area contributed by atoms with Crippen molar-refractivity contribution in [2.45, 2.75) is 45.5 Å². The van der Waals surface area contributed by atoms with E-state index in [0.717, 1.165) is 11.4 Å². The van der Waals surface area contributed by atoms with E-state index in [0.29, 0.717) is 12.4 Å². The molecule has 102 valence electrons. The van der Waals surface area contributed by atoms with Crippen LogP contribution in [0.4, 0.5) is 0 Å². The molecule has 0 bridgehead atoms. The second-order valence-electron chi connectivity index (χ2n) is 5.59. The molecule has 0 radical (unpaired) electrons. The van der Waals surface area contributed by atoms with Crippen molar-refractivity contribution in [3.8, 4) is 0 Å². The van der Waals surface area contributed by atoms with Crippen LogP contribution in [0, 0.1) is 6.92 Å². The van der Waals surface area contributed by atoms with Gasteiger partial charge in [0.15, 0.2) is 9.84 Å². The van der Waals surface area contributed by atoms with E-state index < -0.39 is 9.84 Å². The van der Waals surface area contributed by atoms with E-state index in [1.54, 1.807) is 0 Å². The first-order valence-corrected chi connectivity index (χ1v) is 7.87. The molecular weight excluding hydrogens is 250 g/mol. The van der Waals surface area contributed by atoms with Gasteiger partial charge in [0.1, 0.15) is 11.6 Å². The Morgan fingerprint density at radius 3 is 2.39 bits per heavy atom. The van der Waals surface area contributed by atoms with E-state index in [4.69, 9.17) is 0 Å². The Bertz CT molecular complexity index is 519. The van der Waals surface area contributed by atoms with Crippen molar-refractivity contribution in [1.82, 2.24) is 15.3 Å². The molecule has 0 unspecified atom stereocenters. The maximum Gasteiger partial charge on any atom is 0.154 e. The van der Waals surface area contributed by atoms with Crippen LogP contribution in [0.3, 0.4) is 0 Å². The number of rotatable bonds is 4. The lowest BCUT2D eigenvalue weighted by Crippen LogP contribution is -2.35. The molecule has 0 saturated heterocycles. The summed E-state index contributed by atoms with van der Waals surface area (Å²) in [6, 6.07) is 1.87. The lowest BCUT2D eigenvalue weighted by atomic mass is 10.1. The van der Waals surface area contributed by atoms with Gasteiger partial charge in [0.05, 0.1) is 5.69 Å². The van der Waals surface area contributed by atoms with Crippen LogP contribution in [0.2, 0.25) is 0 Å². The SMILES string of the molecule is Cc1cc(CNC(C)(C)C)nc(CS(C)(=O)=O)n1. The van der Waals surface area contributed by atoms with Gasteiger partial charge in [-0.05, 0) is 33.8 Å². The predicted octanol–water partition coefficient (Wildman–Crippen LogP) is 1.22. The molecule has 0 aliphatic heterocycles. The lowest BCUT2D eigenvalue weighted by Gasteiger charge is -2.20. The number of sulfone groups is 1. The molecule has 0 atom stereocenters. The summed E-state index contributed by atoms with van der Waals surface area (Å²) in [4.78, 5) is 8.41. The summed E-state index contributed by atoms with van der Waals surface area (Å²) >= 11 is 0. The Hall–Kier alpha value is -1.01. The van der Waals surface area contributed by atoms with Crippen LogP contribution in [0.15, 0.2) is 6.07 Å². The van der Waals surface area contributed by atoms with Gasteiger partial charge in [0.2, 0.25) is 0 Å². The quantitative estimate of drug-likeness (QED) is 0.891. The first-order valence-electron chi connectivity index (χ1n) is 5.81. The largest absolute Gasteiger partial charge is 0.306 e. The molecule has 0 fully saturated rings. The highest BCUT2D eigenvalue weighted by atomic mass is 32.2. The Kier molecular flexibility index (Phi) is 4.45. The first-order chi connectivity index (χ1) is 8.05. The number of hydrogen-bond donors (Lipinski definition) is 1. The van der Waals surface area contributed by atoms with Crippen LogP contribution < -0.4 is 5.32 Å². The average Bonchev–Trinajstić information content (AvgIpc) is 2.09. The van der Waals surface area contributed by atoms with Gasteiger partial charge in [0, 0.05) is 24.0 Å². The summed E-state index contributed by atoms with van der Waals surface area (Å²) in [5.41, 5.74) is 1.60. The number of nitrogens with zero attached hydrogens (tertiary/aromatic N) is 2. The van der Waals surface area contributed by atoms with E-state index in [9.17, 15) is 8.42 Å². The molecule has 0 spiro atoms. The summed E-state index contributed by atoms with van der Waals surface area (Å²) in [6.45, 7) is 8.65. The minimum absolute atomic E-state index is 0.00412. The molecule has 1 rings (SSSR count). The normalized spacial score (nSPS) is 12.7. The minimum Gasteiger partial charge on any atom is -0.306 e. The zero-order chi connectivity index (χ0) is 14.0. The Labute approximate surface area is 109 Å². The fourth-order valence-electron chi connectivity index (χ4n) is 1.45. The topological polar surface area (TPSA) is 72.0 Å². The molecule has 0 amide bonds. The molecule has 0 saturated carbocycles. The highest BCUT2D eigenvalue weighted by Crippen LogP contribution is 2.06. The van der Waals surface area contributed by atoms with Crippen molar-refractivity contribution in [2.75, 3.05) is 6.26 Å². The standard InChI is InChI=1S/C12H21N3O2S/c1-9-6-10(7-13-12(2,3)4)15-11(14-9)8-18(5,16)17/h6,13H,7-8H2,1-5H3. The molecule has 1 N–H and O–H groups in total. The van der Waals surface area contributed by atoms with Crippen molar-refractivity contribution in [1.29, 1.82) is 0 Å². The summed E-state index contributed by atoms with van der Waals surface area (Å²) < 4.78 is 22.5. The molecule has 18 heavy (non-hydrogen) atoms. The van der Waals surface area contributed by atoms with E-state index in [1.807, 2.05) is 13.0 Å². The second kappa shape index (κ2) is 5.32. The van der Waals surface area contributed by atoms with Crippen molar-refractivity contribution >= 4 is 9.84 Å². The third-order valence-corrected chi connectivity index (χ3v) is 2.93. The summed E-state index contributed by atoms with van der Waals surface area (Å²) in [7, 11) is -3.10. The first kappa shape index (κ1) is 15.0. The predicted molar refractivity (Wildman–Crippen MR) is 71.9 cm³/mol. The van der Waals surface area contributed by atoms with Crippen LogP contribution in [0.1, 0.15) is 38.0 Å². The van der Waals surface area contributed by atoms with E-state index >= 15 is 0 Å². The highest BCUT2D eigenvalue weighted by Gasteiger charge is 2.12. The van der Waals surface area contributed by atoms with Gasteiger partial charge in [-0.1, -0.05) is 0 Å². The number of aryl methyl sites for hydroxylation is 1. The fraction of sp³-hybridized carbons (Fsp3) is 0.667. The van der Waals surface area contributed by atoms with Crippen molar-refractivity contribution in [2.24, 2.45) is 0 Å². The van der Waals surface area contributed by atoms with Crippen LogP contribution in [0.25, 0.3) is 0 Å². The van der Waals surface area contributed by atoms with Gasteiger partial charge in [-0.15, -0.1) is 0 Å². The second-order valence-corrected chi connectivity index (χ2v) is 7.73. The molecule has 6 heteroatoms.